The summed E-state index contributed by atoms with van der Waals surface area (Å²) in [6, 6.07) is 14.7. The minimum absolute atomic E-state index is 0.607. The van der Waals surface area contributed by atoms with Gasteiger partial charge in [-0.1, -0.05) is 30.3 Å². The minimum Gasteiger partial charge on any atom is -0.493 e. The number of hydrogen-bond acceptors (Lipinski definition) is 4. The van der Waals surface area contributed by atoms with Crippen LogP contribution in [-0.4, -0.2) is 12.8 Å². The van der Waals surface area contributed by atoms with Crippen molar-refractivity contribution in [2.24, 2.45) is 4.99 Å². The maximum atomic E-state index is 9.63. The average molecular weight is 360 g/mol. The van der Waals surface area contributed by atoms with E-state index < -0.39 is 0 Å². The number of aryl methyl sites for hydroxylation is 1. The Balaban J connectivity index is 1.81. The van der Waals surface area contributed by atoms with Crippen molar-refractivity contribution in [1.29, 1.82) is 5.26 Å². The molecule has 0 atom stereocenters. The van der Waals surface area contributed by atoms with Gasteiger partial charge in [-0.05, 0) is 55.0 Å². The highest BCUT2D eigenvalue weighted by Crippen LogP contribution is 2.39. The number of benzene rings is 2. The molecule has 4 heteroatoms. The Kier molecular flexibility index (Phi) is 4.73. The summed E-state index contributed by atoms with van der Waals surface area (Å²) in [4.78, 5) is 6.07. The van der Waals surface area contributed by atoms with E-state index in [9.17, 15) is 5.26 Å². The molecule has 3 nitrogen and oxygen atoms in total. The lowest BCUT2D eigenvalue weighted by Gasteiger charge is -2.10. The highest BCUT2D eigenvalue weighted by atomic mass is 32.1. The van der Waals surface area contributed by atoms with Crippen molar-refractivity contribution in [3.05, 3.63) is 58.0 Å². The van der Waals surface area contributed by atoms with Crippen LogP contribution in [0.4, 0.5) is 5.00 Å². The van der Waals surface area contributed by atoms with E-state index in [1.165, 1.54) is 23.3 Å². The van der Waals surface area contributed by atoms with Crippen LogP contribution in [0.25, 0.3) is 10.8 Å². The lowest BCUT2D eigenvalue weighted by molar-refractivity contribution is 0.340. The van der Waals surface area contributed by atoms with Crippen LogP contribution >= 0.6 is 11.3 Å². The fourth-order valence-electron chi connectivity index (χ4n) is 3.57. The van der Waals surface area contributed by atoms with Crippen molar-refractivity contribution in [2.75, 3.05) is 6.61 Å². The Morgan fingerprint density at radius 3 is 2.88 bits per heavy atom. The molecule has 0 aliphatic heterocycles. The van der Waals surface area contributed by atoms with E-state index in [1.807, 2.05) is 31.3 Å². The molecule has 0 saturated heterocycles. The van der Waals surface area contributed by atoms with Gasteiger partial charge in [0.2, 0.25) is 0 Å². The van der Waals surface area contributed by atoms with Crippen LogP contribution in [0, 0.1) is 11.3 Å². The van der Waals surface area contributed by atoms with Crippen molar-refractivity contribution in [3.8, 4) is 11.8 Å². The van der Waals surface area contributed by atoms with E-state index in [1.54, 1.807) is 11.3 Å². The molecule has 2 aromatic carbocycles. The second-order valence-electron chi connectivity index (χ2n) is 6.39. The molecule has 0 radical (unpaired) electrons. The number of aliphatic imine (C=N–C) groups is 1. The molecule has 0 fully saturated rings. The van der Waals surface area contributed by atoms with Gasteiger partial charge in [-0.2, -0.15) is 5.26 Å². The van der Waals surface area contributed by atoms with Crippen LogP contribution in [0.5, 0.6) is 5.75 Å². The largest absolute Gasteiger partial charge is 0.493 e. The third kappa shape index (κ3) is 3.00. The van der Waals surface area contributed by atoms with Crippen LogP contribution in [0.15, 0.2) is 41.4 Å². The average Bonchev–Trinajstić information content (AvgIpc) is 3.04. The summed E-state index contributed by atoms with van der Waals surface area (Å²) >= 11 is 1.67. The first kappa shape index (κ1) is 16.8. The molecule has 1 aliphatic rings. The fraction of sp³-hybridized carbons (Fsp3) is 0.273. The summed E-state index contributed by atoms with van der Waals surface area (Å²) in [5.74, 6) is 0.828. The second kappa shape index (κ2) is 7.31. The summed E-state index contributed by atoms with van der Waals surface area (Å²) in [5.41, 5.74) is 2.96. The molecule has 26 heavy (non-hydrogen) atoms. The molecule has 0 saturated carbocycles. The zero-order chi connectivity index (χ0) is 17.9. The molecule has 1 aromatic heterocycles. The molecule has 1 aliphatic carbocycles. The van der Waals surface area contributed by atoms with Gasteiger partial charge >= 0.3 is 0 Å². The van der Waals surface area contributed by atoms with Gasteiger partial charge in [0.15, 0.2) is 0 Å². The van der Waals surface area contributed by atoms with Crippen molar-refractivity contribution >= 4 is 33.3 Å². The number of nitrogens with zero attached hydrogens (tertiary/aromatic N) is 2. The van der Waals surface area contributed by atoms with Gasteiger partial charge in [0.05, 0.1) is 12.2 Å². The first-order chi connectivity index (χ1) is 12.8. The second-order valence-corrected chi connectivity index (χ2v) is 7.48. The Morgan fingerprint density at radius 1 is 1.19 bits per heavy atom. The molecule has 0 spiro atoms. The minimum atomic E-state index is 0.607. The summed E-state index contributed by atoms with van der Waals surface area (Å²) in [6.07, 6.45) is 6.32. The molecular weight excluding hydrogens is 340 g/mol. The van der Waals surface area contributed by atoms with Crippen LogP contribution in [-0.2, 0) is 12.8 Å². The molecule has 3 aromatic rings. The number of rotatable bonds is 4. The Bertz CT molecular complexity index is 1030. The van der Waals surface area contributed by atoms with E-state index in [0.717, 1.165) is 45.5 Å². The predicted octanol–water partition coefficient (Wildman–Crippen LogP) is 5.80. The highest BCUT2D eigenvalue weighted by molar-refractivity contribution is 7.16. The van der Waals surface area contributed by atoms with Gasteiger partial charge in [-0.15, -0.1) is 11.3 Å². The smallest absolute Gasteiger partial charge is 0.134 e. The van der Waals surface area contributed by atoms with E-state index in [4.69, 9.17) is 9.73 Å². The quantitative estimate of drug-likeness (QED) is 0.552. The van der Waals surface area contributed by atoms with E-state index in [0.29, 0.717) is 6.61 Å². The summed E-state index contributed by atoms with van der Waals surface area (Å²) in [6.45, 7) is 2.59. The SMILES string of the molecule is CCOc1ccc2ccccc2c1/C=N/c1sc2c(c1C#N)CCCC2. The van der Waals surface area contributed by atoms with Crippen molar-refractivity contribution in [1.82, 2.24) is 0 Å². The summed E-state index contributed by atoms with van der Waals surface area (Å²) in [5, 5.41) is 12.7. The van der Waals surface area contributed by atoms with Gasteiger partial charge < -0.3 is 4.74 Å². The standard InChI is InChI=1S/C22H20N2OS/c1-2-25-20-12-11-15-7-3-4-8-16(15)19(20)14-24-22-18(13-23)17-9-5-6-10-21(17)26-22/h3-4,7-8,11-12,14H,2,5-6,9-10H2,1H3/b24-14+. The molecule has 1 heterocycles. The van der Waals surface area contributed by atoms with Crippen molar-refractivity contribution < 1.29 is 4.74 Å². The molecular formula is C22H20N2OS. The van der Waals surface area contributed by atoms with Gasteiger partial charge in [-0.3, -0.25) is 0 Å². The monoisotopic (exact) mass is 360 g/mol. The topological polar surface area (TPSA) is 45.4 Å². The zero-order valence-electron chi connectivity index (χ0n) is 14.8. The van der Waals surface area contributed by atoms with E-state index in [-0.39, 0.29) is 0 Å². The number of hydrogen-bond donors (Lipinski definition) is 0. The normalized spacial score (nSPS) is 13.7. The van der Waals surface area contributed by atoms with Crippen LogP contribution in [0.1, 0.15) is 41.3 Å². The molecule has 0 unspecified atom stereocenters. The van der Waals surface area contributed by atoms with Gasteiger partial charge in [0.25, 0.3) is 0 Å². The predicted molar refractivity (Wildman–Crippen MR) is 108 cm³/mol. The third-order valence-corrected chi connectivity index (χ3v) is 6.01. The lowest BCUT2D eigenvalue weighted by Crippen LogP contribution is -1.99. The maximum Gasteiger partial charge on any atom is 0.134 e. The third-order valence-electron chi connectivity index (χ3n) is 4.81. The molecule has 0 amide bonds. The molecule has 0 N–H and O–H groups in total. The van der Waals surface area contributed by atoms with E-state index in [2.05, 4.69) is 24.3 Å². The molecule has 4 rings (SSSR count). The van der Waals surface area contributed by atoms with Crippen molar-refractivity contribution in [3.63, 3.8) is 0 Å². The van der Waals surface area contributed by atoms with Crippen molar-refractivity contribution in [2.45, 2.75) is 32.6 Å². The number of thiophene rings is 1. The first-order valence-electron chi connectivity index (χ1n) is 9.05. The Labute approximate surface area is 157 Å². The maximum absolute atomic E-state index is 9.63. The highest BCUT2D eigenvalue weighted by Gasteiger charge is 2.20. The number of fused-ring (bicyclic) bond motifs is 2. The van der Waals surface area contributed by atoms with Crippen LogP contribution in [0.3, 0.4) is 0 Å². The Hall–Kier alpha value is -2.64. The van der Waals surface area contributed by atoms with Crippen LogP contribution in [0.2, 0.25) is 0 Å². The van der Waals surface area contributed by atoms with Gasteiger partial charge in [0, 0.05) is 16.7 Å². The number of ether oxygens (including phenoxy) is 1. The van der Waals surface area contributed by atoms with Gasteiger partial charge in [-0.25, -0.2) is 4.99 Å². The van der Waals surface area contributed by atoms with Gasteiger partial charge in [0.1, 0.15) is 16.8 Å². The van der Waals surface area contributed by atoms with E-state index >= 15 is 0 Å². The number of nitriles is 1. The zero-order valence-corrected chi connectivity index (χ0v) is 15.6. The van der Waals surface area contributed by atoms with Crippen LogP contribution < -0.4 is 4.74 Å². The first-order valence-corrected chi connectivity index (χ1v) is 9.86. The lowest BCUT2D eigenvalue weighted by atomic mass is 9.96. The summed E-state index contributed by atoms with van der Waals surface area (Å²) in [7, 11) is 0. The Morgan fingerprint density at radius 2 is 2.04 bits per heavy atom. The molecule has 130 valence electrons. The molecule has 0 bridgehead atoms. The summed E-state index contributed by atoms with van der Waals surface area (Å²) < 4.78 is 5.82. The fourth-order valence-corrected chi connectivity index (χ4v) is 4.75.